The first-order valence-electron chi connectivity index (χ1n) is 5.37. The summed E-state index contributed by atoms with van der Waals surface area (Å²) < 4.78 is 10.3. The molecule has 1 fully saturated rings. The van der Waals surface area contributed by atoms with Crippen molar-refractivity contribution in [2.24, 2.45) is 0 Å². The van der Waals surface area contributed by atoms with Crippen LogP contribution in [-0.4, -0.2) is 35.6 Å². The summed E-state index contributed by atoms with van der Waals surface area (Å²) in [7, 11) is 0. The van der Waals surface area contributed by atoms with Crippen LogP contribution in [0.3, 0.4) is 0 Å². The number of nitrogens with zero attached hydrogens (tertiary/aromatic N) is 2. The molecule has 0 unspecified atom stereocenters. The fourth-order valence-electron chi connectivity index (χ4n) is 1.73. The Morgan fingerprint density at radius 1 is 1.25 bits per heavy atom. The average molecular weight is 254 g/mol. The van der Waals surface area contributed by atoms with Crippen molar-refractivity contribution in [3.05, 3.63) is 24.3 Å². The van der Waals surface area contributed by atoms with Crippen LogP contribution < -0.4 is 0 Å². The van der Waals surface area contributed by atoms with Crippen LogP contribution in [0.5, 0.6) is 0 Å². The molecule has 0 spiro atoms. The first-order chi connectivity index (χ1) is 7.92. The topological polar surface area (TPSA) is 25.4 Å². The quantitative estimate of drug-likeness (QED) is 0.820. The lowest BCUT2D eigenvalue weighted by Gasteiger charge is -2.26. The fourth-order valence-corrected chi connectivity index (χ4v) is 4.19. The van der Waals surface area contributed by atoms with E-state index in [0.717, 1.165) is 31.8 Å². The van der Waals surface area contributed by atoms with E-state index < -0.39 is 0 Å². The number of thiazole rings is 1. The second kappa shape index (κ2) is 4.71. The number of rotatable bonds is 2. The highest BCUT2D eigenvalue weighted by Gasteiger charge is 2.11. The second-order valence-corrected chi connectivity index (χ2v) is 6.42. The molecule has 0 saturated carbocycles. The molecule has 0 N–H and O–H groups in total. The minimum atomic E-state index is 0.698. The minimum absolute atomic E-state index is 0.698. The van der Waals surface area contributed by atoms with Gasteiger partial charge in [0, 0.05) is 13.1 Å². The number of morpholine rings is 1. The average Bonchev–Trinajstić information content (AvgIpc) is 2.72. The Morgan fingerprint density at radius 3 is 2.88 bits per heavy atom. The van der Waals surface area contributed by atoms with Gasteiger partial charge in [-0.2, -0.15) is 11.9 Å². The summed E-state index contributed by atoms with van der Waals surface area (Å²) in [4.78, 5) is 4.66. The Hall–Kier alpha value is -0.620. The Morgan fingerprint density at radius 2 is 2.06 bits per heavy atom. The molecule has 0 radical (unpaired) electrons. The van der Waals surface area contributed by atoms with Crippen LogP contribution in [0.15, 0.2) is 28.6 Å². The molecule has 0 amide bonds. The molecule has 2 heterocycles. The maximum absolute atomic E-state index is 5.34. The van der Waals surface area contributed by atoms with Crippen molar-refractivity contribution in [3.63, 3.8) is 0 Å². The predicted octanol–water partition coefficient (Wildman–Crippen LogP) is 2.10. The number of ether oxygens (including phenoxy) is 1. The number of aromatic nitrogens is 1. The molecule has 1 aliphatic rings. The van der Waals surface area contributed by atoms with Gasteiger partial charge in [0.2, 0.25) is 0 Å². The van der Waals surface area contributed by atoms with E-state index in [0.29, 0.717) is 11.9 Å². The lowest BCUT2D eigenvalue weighted by atomic mass is 10.3. The first-order valence-corrected chi connectivity index (χ1v) is 7.13. The summed E-state index contributed by atoms with van der Waals surface area (Å²) in [5, 5.41) is 0. The van der Waals surface area contributed by atoms with Gasteiger partial charge in [-0.3, -0.25) is 4.31 Å². The normalized spacial score (nSPS) is 19.2. The van der Waals surface area contributed by atoms with Crippen LogP contribution >= 0.6 is 23.3 Å². The first kappa shape index (κ1) is 10.5. The van der Waals surface area contributed by atoms with Crippen molar-refractivity contribution in [2.75, 3.05) is 26.3 Å². The zero-order valence-electron chi connectivity index (χ0n) is 8.85. The van der Waals surface area contributed by atoms with E-state index in [4.69, 9.17) is 4.74 Å². The van der Waals surface area contributed by atoms with E-state index in [2.05, 4.69) is 27.5 Å². The van der Waals surface area contributed by atoms with Crippen LogP contribution in [0, 0.1) is 0 Å². The zero-order valence-corrected chi connectivity index (χ0v) is 10.7. The van der Waals surface area contributed by atoms with Crippen molar-refractivity contribution in [3.8, 4) is 0 Å². The lowest BCUT2D eigenvalue weighted by Crippen LogP contribution is -2.30. The van der Waals surface area contributed by atoms with Crippen LogP contribution in [0.2, 0.25) is 0 Å². The van der Waals surface area contributed by atoms with Crippen molar-refractivity contribution >= 4 is 33.5 Å². The van der Waals surface area contributed by atoms with Gasteiger partial charge in [-0.1, -0.05) is 12.1 Å². The SMILES string of the molecule is c1ccc2sc([SH2]N3CCOCC3)nc2c1. The van der Waals surface area contributed by atoms with Gasteiger partial charge in [0.1, 0.15) is 4.34 Å². The standard InChI is InChI=1S/C11H14N2OS2/c1-2-4-10-9(3-1)12-11(15-10)16-13-5-7-14-8-6-13/h1-4H,5-8,16H2. The summed E-state index contributed by atoms with van der Waals surface area (Å²) in [6.07, 6.45) is 0. The Kier molecular flexibility index (Phi) is 3.10. The Labute approximate surface area is 103 Å². The molecule has 0 bridgehead atoms. The summed E-state index contributed by atoms with van der Waals surface area (Å²) in [5.41, 5.74) is 1.13. The van der Waals surface area contributed by atoms with Gasteiger partial charge in [-0.25, -0.2) is 4.98 Å². The lowest BCUT2D eigenvalue weighted by molar-refractivity contribution is 0.0773. The molecule has 3 nitrogen and oxygen atoms in total. The van der Waals surface area contributed by atoms with Crippen molar-refractivity contribution < 1.29 is 4.74 Å². The Bertz CT molecular complexity index is 447. The summed E-state index contributed by atoms with van der Waals surface area (Å²) in [6, 6.07) is 8.34. The third kappa shape index (κ3) is 2.22. The van der Waals surface area contributed by atoms with E-state index in [1.54, 1.807) is 0 Å². The molecule has 1 saturated heterocycles. The smallest absolute Gasteiger partial charge is 0.141 e. The zero-order chi connectivity index (χ0) is 10.8. The predicted molar refractivity (Wildman–Crippen MR) is 70.7 cm³/mol. The van der Waals surface area contributed by atoms with Crippen LogP contribution in [0.25, 0.3) is 10.2 Å². The monoisotopic (exact) mass is 254 g/mol. The van der Waals surface area contributed by atoms with Crippen molar-refractivity contribution in [2.45, 2.75) is 4.34 Å². The van der Waals surface area contributed by atoms with E-state index in [1.165, 1.54) is 9.04 Å². The highest BCUT2D eigenvalue weighted by Crippen LogP contribution is 2.31. The van der Waals surface area contributed by atoms with Gasteiger partial charge in [0.15, 0.2) is 0 Å². The molecule has 16 heavy (non-hydrogen) atoms. The van der Waals surface area contributed by atoms with Crippen LogP contribution in [0.4, 0.5) is 0 Å². The van der Waals surface area contributed by atoms with E-state index in [9.17, 15) is 0 Å². The Balaban J connectivity index is 1.78. The van der Waals surface area contributed by atoms with Gasteiger partial charge < -0.3 is 4.74 Å². The number of para-hydroxylation sites is 1. The minimum Gasteiger partial charge on any atom is -0.379 e. The van der Waals surface area contributed by atoms with Crippen molar-refractivity contribution in [1.82, 2.24) is 9.29 Å². The fraction of sp³-hybridized carbons (Fsp3) is 0.364. The van der Waals surface area contributed by atoms with Gasteiger partial charge in [-0.15, -0.1) is 11.3 Å². The van der Waals surface area contributed by atoms with Gasteiger partial charge >= 0.3 is 0 Å². The molecule has 0 aliphatic carbocycles. The largest absolute Gasteiger partial charge is 0.379 e. The highest BCUT2D eigenvalue weighted by molar-refractivity contribution is 7.98. The van der Waals surface area contributed by atoms with Crippen molar-refractivity contribution in [1.29, 1.82) is 0 Å². The maximum Gasteiger partial charge on any atom is 0.141 e. The van der Waals surface area contributed by atoms with Crippen LogP contribution in [-0.2, 0) is 4.74 Å². The molecule has 2 aromatic rings. The molecule has 1 aromatic carbocycles. The molecule has 0 atom stereocenters. The highest BCUT2D eigenvalue weighted by atomic mass is 32.2. The van der Waals surface area contributed by atoms with E-state index >= 15 is 0 Å². The third-order valence-electron chi connectivity index (χ3n) is 2.56. The molecular weight excluding hydrogens is 240 g/mol. The molecule has 1 aliphatic heterocycles. The molecule has 3 rings (SSSR count). The third-order valence-corrected chi connectivity index (χ3v) is 5.06. The van der Waals surface area contributed by atoms with E-state index in [1.807, 2.05) is 17.4 Å². The summed E-state index contributed by atoms with van der Waals surface area (Å²) >= 11 is 2.51. The maximum atomic E-state index is 5.34. The van der Waals surface area contributed by atoms with E-state index in [-0.39, 0.29) is 0 Å². The second-order valence-electron chi connectivity index (χ2n) is 3.70. The van der Waals surface area contributed by atoms with Gasteiger partial charge in [0.25, 0.3) is 0 Å². The number of hydrogen-bond acceptors (Lipinski definition) is 4. The number of benzene rings is 1. The van der Waals surface area contributed by atoms with Crippen LogP contribution in [0.1, 0.15) is 0 Å². The molecular formula is C11H14N2OS2. The van der Waals surface area contributed by atoms with Gasteiger partial charge in [0.05, 0.1) is 23.4 Å². The number of hydrogen-bond donors (Lipinski definition) is 0. The number of fused-ring (bicyclic) bond motifs is 1. The molecule has 86 valence electrons. The molecule has 5 heteroatoms. The van der Waals surface area contributed by atoms with Gasteiger partial charge in [-0.05, 0) is 12.1 Å². The summed E-state index contributed by atoms with van der Waals surface area (Å²) in [6.45, 7) is 3.79. The molecule has 1 aromatic heterocycles. The summed E-state index contributed by atoms with van der Waals surface area (Å²) in [5.74, 6) is 0.